The van der Waals surface area contributed by atoms with Gasteiger partial charge in [-0.1, -0.05) is 276 Å². The summed E-state index contributed by atoms with van der Waals surface area (Å²) in [4.78, 5) is 23.4. The number of carbonyl (C=O) groups excluding carboxylic acids is 1. The highest BCUT2D eigenvalue weighted by molar-refractivity contribution is 7.47. The van der Waals surface area contributed by atoms with Gasteiger partial charge in [-0.25, -0.2) is 4.57 Å². The lowest BCUT2D eigenvalue weighted by Gasteiger charge is -2.26. The summed E-state index contributed by atoms with van der Waals surface area (Å²) in [5.41, 5.74) is 0. The zero-order chi connectivity index (χ0) is 49.9. The highest BCUT2D eigenvalue weighted by Gasteiger charge is 2.28. The normalized spacial score (nSPS) is 13.9. The lowest BCUT2D eigenvalue weighted by atomic mass is 10.0. The predicted octanol–water partition coefficient (Wildman–Crippen LogP) is 18.2. The number of carbonyl (C=O) groups is 1. The van der Waals surface area contributed by atoms with Crippen LogP contribution in [0.15, 0.2) is 12.2 Å². The second-order valence-corrected chi connectivity index (χ2v) is 23.5. The minimum Gasteiger partial charge on any atom is -0.391 e. The molecular formula is C59H120N2O6P+. The topological polar surface area (TPSA) is 105 Å². The van der Waals surface area contributed by atoms with E-state index in [0.29, 0.717) is 23.9 Å². The number of nitrogens with zero attached hydrogens (tertiary/aromatic N) is 1. The van der Waals surface area contributed by atoms with E-state index in [1.165, 1.54) is 244 Å². The molecule has 0 rings (SSSR count). The molecule has 0 heterocycles. The zero-order valence-corrected chi connectivity index (χ0v) is 47.3. The van der Waals surface area contributed by atoms with Gasteiger partial charge in [0.2, 0.25) is 5.91 Å². The van der Waals surface area contributed by atoms with Gasteiger partial charge in [0.15, 0.2) is 0 Å². The Kier molecular flexibility index (Phi) is 50.6. The molecule has 3 N–H and O–H groups in total. The van der Waals surface area contributed by atoms with Gasteiger partial charge in [0.25, 0.3) is 0 Å². The number of phosphoric acid groups is 1. The maximum Gasteiger partial charge on any atom is 0.472 e. The maximum absolute atomic E-state index is 13.0. The quantitative estimate of drug-likeness (QED) is 0.0243. The Morgan fingerprint density at radius 3 is 1.13 bits per heavy atom. The first-order chi connectivity index (χ1) is 33.0. The summed E-state index contributed by atoms with van der Waals surface area (Å²) in [7, 11) is 1.63. The van der Waals surface area contributed by atoms with E-state index in [1.807, 2.05) is 21.1 Å². The summed E-state index contributed by atoms with van der Waals surface area (Å²) in [5.74, 6) is -0.139. The molecule has 3 unspecified atom stereocenters. The van der Waals surface area contributed by atoms with Gasteiger partial charge in [0.1, 0.15) is 13.2 Å². The molecule has 0 saturated carbocycles. The first kappa shape index (κ1) is 67.2. The Morgan fingerprint density at radius 1 is 0.485 bits per heavy atom. The van der Waals surface area contributed by atoms with Crippen molar-refractivity contribution in [2.45, 2.75) is 321 Å². The van der Waals surface area contributed by atoms with Crippen LogP contribution in [0.3, 0.4) is 0 Å². The Hall–Kier alpha value is -0.760. The molecular weight excluding hydrogens is 864 g/mol. The molecule has 0 aromatic carbocycles. The molecule has 0 aliphatic rings. The summed E-state index contributed by atoms with van der Waals surface area (Å²) < 4.78 is 23.8. The lowest BCUT2D eigenvalue weighted by Crippen LogP contribution is -2.46. The molecule has 0 bridgehead atoms. The average Bonchev–Trinajstić information content (AvgIpc) is 3.30. The Morgan fingerprint density at radius 2 is 0.794 bits per heavy atom. The number of unbranched alkanes of at least 4 members (excludes halogenated alkanes) is 41. The maximum atomic E-state index is 13.0. The number of hydrogen-bond donors (Lipinski definition) is 3. The van der Waals surface area contributed by atoms with Crippen LogP contribution in [0.25, 0.3) is 0 Å². The predicted molar refractivity (Wildman–Crippen MR) is 295 cm³/mol. The van der Waals surface area contributed by atoms with Crippen LogP contribution in [0.2, 0.25) is 0 Å². The third-order valence-electron chi connectivity index (χ3n) is 14.0. The first-order valence-electron chi connectivity index (χ1n) is 30.1. The van der Waals surface area contributed by atoms with Crippen molar-refractivity contribution < 1.29 is 32.9 Å². The van der Waals surface area contributed by atoms with E-state index < -0.39 is 20.0 Å². The van der Waals surface area contributed by atoms with Gasteiger partial charge in [-0.15, -0.1) is 0 Å². The molecule has 0 aliphatic carbocycles. The van der Waals surface area contributed by atoms with E-state index in [-0.39, 0.29) is 19.1 Å². The first-order valence-corrected chi connectivity index (χ1v) is 31.5. The minimum absolute atomic E-state index is 0.0773. The van der Waals surface area contributed by atoms with Gasteiger partial charge in [0, 0.05) is 6.42 Å². The van der Waals surface area contributed by atoms with Crippen LogP contribution in [0.4, 0.5) is 0 Å². The number of likely N-dealkylation sites (N-methyl/N-ethyl adjacent to an activating group) is 1. The van der Waals surface area contributed by atoms with Gasteiger partial charge in [-0.3, -0.25) is 13.8 Å². The van der Waals surface area contributed by atoms with E-state index >= 15 is 0 Å². The van der Waals surface area contributed by atoms with Crippen molar-refractivity contribution in [3.8, 4) is 0 Å². The molecule has 0 spiro atoms. The van der Waals surface area contributed by atoms with Gasteiger partial charge < -0.3 is 19.8 Å². The highest BCUT2D eigenvalue weighted by atomic mass is 31.2. The third-order valence-corrected chi connectivity index (χ3v) is 15.0. The number of hydrogen-bond acceptors (Lipinski definition) is 5. The number of nitrogens with one attached hydrogen (secondary N) is 1. The summed E-state index contributed by atoms with van der Waals surface area (Å²) >= 11 is 0. The molecule has 0 aliphatic heterocycles. The fourth-order valence-electron chi connectivity index (χ4n) is 9.28. The number of rotatable bonds is 56. The van der Waals surface area contributed by atoms with Crippen LogP contribution in [0.1, 0.15) is 309 Å². The van der Waals surface area contributed by atoms with Crippen LogP contribution < -0.4 is 5.32 Å². The molecule has 3 atom stereocenters. The molecule has 406 valence electrons. The third kappa shape index (κ3) is 53.0. The standard InChI is InChI=1S/C59H119N2O6P/c1-6-8-10-12-14-16-18-20-22-24-26-28-30-32-34-36-38-40-42-44-46-48-50-52-58(62)57(56-67-68(64,65)66-55-54-61(3,4)5)60-59(63)53-51-49-47-45-43-41-39-37-35-33-31-29-27-25-23-21-19-17-15-13-11-9-7-2/h25,27,57-58,62H,6-24,26,28-56H2,1-5H3,(H-,60,63,64,65)/p+1/b27-25-. The molecule has 0 aromatic rings. The number of allylic oxidation sites excluding steroid dienone is 2. The fourth-order valence-corrected chi connectivity index (χ4v) is 10.0. The lowest BCUT2D eigenvalue weighted by molar-refractivity contribution is -0.870. The second kappa shape index (κ2) is 51.2. The molecule has 0 fully saturated rings. The number of phosphoric ester groups is 1. The minimum atomic E-state index is -4.32. The SMILES string of the molecule is CCCCCCCCCC/C=C\CCCCCCCCCCCCCC(=O)NC(COP(=O)(O)OCC[N+](C)(C)C)C(O)CCCCCCCCCCCCCCCCCCCCCCCCC. The van der Waals surface area contributed by atoms with Crippen molar-refractivity contribution in [3.05, 3.63) is 12.2 Å². The Bertz CT molecular complexity index is 1120. The van der Waals surface area contributed by atoms with Gasteiger partial charge >= 0.3 is 7.82 Å². The van der Waals surface area contributed by atoms with Crippen molar-refractivity contribution in [2.75, 3.05) is 40.9 Å². The van der Waals surface area contributed by atoms with Crippen molar-refractivity contribution >= 4 is 13.7 Å². The van der Waals surface area contributed by atoms with E-state index in [9.17, 15) is 19.4 Å². The van der Waals surface area contributed by atoms with E-state index in [4.69, 9.17) is 9.05 Å². The average molecular weight is 985 g/mol. The van der Waals surface area contributed by atoms with Crippen molar-refractivity contribution in [1.29, 1.82) is 0 Å². The van der Waals surface area contributed by atoms with Crippen LogP contribution in [-0.2, 0) is 18.4 Å². The molecule has 8 nitrogen and oxygen atoms in total. The monoisotopic (exact) mass is 984 g/mol. The molecule has 0 saturated heterocycles. The van der Waals surface area contributed by atoms with Crippen LogP contribution in [0, 0.1) is 0 Å². The van der Waals surface area contributed by atoms with Crippen LogP contribution in [-0.4, -0.2) is 73.4 Å². The zero-order valence-electron chi connectivity index (χ0n) is 46.4. The summed E-state index contributed by atoms with van der Waals surface area (Å²) in [6.45, 7) is 4.94. The van der Waals surface area contributed by atoms with E-state index in [0.717, 1.165) is 38.5 Å². The van der Waals surface area contributed by atoms with E-state index in [2.05, 4.69) is 31.3 Å². The summed E-state index contributed by atoms with van der Waals surface area (Å²) in [6, 6.07) is -0.759. The molecule has 0 radical (unpaired) electrons. The molecule has 0 aromatic heterocycles. The number of quaternary nitrogens is 1. The van der Waals surface area contributed by atoms with Crippen molar-refractivity contribution in [1.82, 2.24) is 5.32 Å². The Balaban J connectivity index is 4.12. The summed E-state index contributed by atoms with van der Waals surface area (Å²) in [5, 5.41) is 14.1. The van der Waals surface area contributed by atoms with Crippen molar-refractivity contribution in [3.63, 3.8) is 0 Å². The number of aliphatic hydroxyl groups excluding tert-OH is 1. The summed E-state index contributed by atoms with van der Waals surface area (Å²) in [6.07, 6.45) is 62.7. The van der Waals surface area contributed by atoms with Crippen LogP contribution >= 0.6 is 7.82 Å². The highest BCUT2D eigenvalue weighted by Crippen LogP contribution is 2.43. The van der Waals surface area contributed by atoms with Gasteiger partial charge in [-0.05, 0) is 38.5 Å². The van der Waals surface area contributed by atoms with E-state index in [1.54, 1.807) is 0 Å². The van der Waals surface area contributed by atoms with Crippen LogP contribution in [0.5, 0.6) is 0 Å². The number of amides is 1. The van der Waals surface area contributed by atoms with Gasteiger partial charge in [0.05, 0.1) is 39.9 Å². The van der Waals surface area contributed by atoms with Gasteiger partial charge in [-0.2, -0.15) is 0 Å². The second-order valence-electron chi connectivity index (χ2n) is 22.1. The number of aliphatic hydroxyl groups is 1. The molecule has 1 amide bonds. The smallest absolute Gasteiger partial charge is 0.391 e. The Labute approximate surface area is 424 Å². The largest absolute Gasteiger partial charge is 0.472 e. The van der Waals surface area contributed by atoms with Crippen molar-refractivity contribution in [2.24, 2.45) is 0 Å². The molecule has 9 heteroatoms. The molecule has 68 heavy (non-hydrogen) atoms. The fraction of sp³-hybridized carbons (Fsp3) is 0.949.